The van der Waals surface area contributed by atoms with Crippen LogP contribution in [0, 0.1) is 117 Å². The Balaban J connectivity index is -0.000000178. The van der Waals surface area contributed by atoms with E-state index in [0.29, 0.717) is 12.1 Å². The van der Waals surface area contributed by atoms with E-state index in [9.17, 15) is 9.18 Å². The summed E-state index contributed by atoms with van der Waals surface area (Å²) in [4.78, 5) is 26.8. The minimum absolute atomic E-state index is 0. The largest absolute Gasteiger partial charge is 0.337 e. The fourth-order valence-corrected chi connectivity index (χ4v) is 3.07. The van der Waals surface area contributed by atoms with Crippen molar-refractivity contribution in [3.63, 3.8) is 0 Å². The SMILES string of the molecule is CC#CC#CC#CC#CC#CC#CC#CC#CC#CC.CN(Cc1ccccc1)C(=O)c1cncc(-c2ccc(F)cc2)c1.F.NN=O.[HH].[HH].[HH].[HH].[HH]. The summed E-state index contributed by atoms with van der Waals surface area (Å²) < 4.78 is 13.0. The number of carbonyl (C=O) groups is 1. The Bertz CT molecular complexity index is 2050. The number of hydrogen-bond donors (Lipinski definition) is 1. The van der Waals surface area contributed by atoms with Gasteiger partial charge in [0.2, 0.25) is 0 Å². The summed E-state index contributed by atoms with van der Waals surface area (Å²) in [7, 11) is 1.76. The molecule has 0 spiro atoms. The Morgan fingerprint density at radius 2 is 1.15 bits per heavy atom. The first-order chi connectivity index (χ1) is 23.0. The molecule has 0 atom stereocenters. The number of pyridine rings is 1. The Hall–Kier alpha value is -7.64. The lowest BCUT2D eigenvalue weighted by Crippen LogP contribution is -2.26. The van der Waals surface area contributed by atoms with Gasteiger partial charge in [0, 0.05) is 44.0 Å². The standard InChI is InChI=1S/C20H17FN2O.C20H6.FH.H2N2O.5H2/c1-23(14-15-5-3-2-4-6-15)20(24)18-11-17(12-22-13-18)16-7-9-19(21)10-8-16;1-3-5-7-9-11-13-15-17-19-20-18-16-14-12-10-8-6-4-2;;1-2-3;;;;;/h2-13H,14H2,1H3;1-2H3;1H;(H2,1,3);5*1H. The number of nitrogens with zero attached hydrogens (tertiary/aromatic N) is 3. The van der Waals surface area contributed by atoms with E-state index in [1.807, 2.05) is 30.3 Å². The number of halogens is 2. The minimum atomic E-state index is -0.290. The number of amides is 1. The molecule has 2 aromatic carbocycles. The Kier molecular flexibility index (Phi) is 22.7. The van der Waals surface area contributed by atoms with Gasteiger partial charge >= 0.3 is 0 Å². The molecule has 0 aliphatic carbocycles. The molecule has 1 amide bonds. The number of nitrogens with two attached hydrogens (primary N) is 1. The summed E-state index contributed by atoms with van der Waals surface area (Å²) in [6, 6.07) is 17.7. The first-order valence-electron chi connectivity index (χ1n) is 13.3. The molecule has 0 saturated carbocycles. The van der Waals surface area contributed by atoms with Crippen LogP contribution < -0.4 is 5.84 Å². The molecule has 6 nitrogen and oxygen atoms in total. The summed E-state index contributed by atoms with van der Waals surface area (Å²) in [5, 5.41) is 1.75. The van der Waals surface area contributed by atoms with Gasteiger partial charge in [0.1, 0.15) is 5.82 Å². The zero-order valence-electron chi connectivity index (χ0n) is 26.2. The van der Waals surface area contributed by atoms with Crippen molar-refractivity contribution in [1.29, 1.82) is 0 Å². The number of aromatic nitrogens is 1. The molecular weight excluding hydrogens is 606 g/mol. The van der Waals surface area contributed by atoms with Gasteiger partial charge in [0.25, 0.3) is 5.91 Å². The Morgan fingerprint density at radius 3 is 1.56 bits per heavy atom. The van der Waals surface area contributed by atoms with E-state index in [2.05, 4.69) is 117 Å². The van der Waals surface area contributed by atoms with Crippen LogP contribution in [0.1, 0.15) is 36.9 Å². The molecule has 1 aromatic heterocycles. The number of carbonyl (C=O) groups excluding carboxylic acids is 1. The molecule has 8 heteroatoms. The van der Waals surface area contributed by atoms with E-state index in [1.54, 1.807) is 61.7 Å². The van der Waals surface area contributed by atoms with Gasteiger partial charge in [-0.25, -0.2) is 4.39 Å². The van der Waals surface area contributed by atoms with E-state index < -0.39 is 0 Å². The van der Waals surface area contributed by atoms with Crippen molar-refractivity contribution in [1.82, 2.24) is 9.88 Å². The Morgan fingerprint density at radius 1 is 0.729 bits per heavy atom. The summed E-state index contributed by atoms with van der Waals surface area (Å²) in [5.41, 5.74) is 3.18. The predicted octanol–water partition coefficient (Wildman–Crippen LogP) is 6.23. The number of rotatable bonds is 4. The van der Waals surface area contributed by atoms with Crippen molar-refractivity contribution >= 4 is 5.91 Å². The number of nitroso groups, excluding NO2 is 1. The zero-order valence-corrected chi connectivity index (χ0v) is 26.2. The highest BCUT2D eigenvalue weighted by atomic mass is 19.1. The second kappa shape index (κ2) is 26.9. The minimum Gasteiger partial charge on any atom is -0.337 e. The highest BCUT2D eigenvalue weighted by Crippen LogP contribution is 2.20. The van der Waals surface area contributed by atoms with Gasteiger partial charge in [0.15, 0.2) is 0 Å². The van der Waals surface area contributed by atoms with Crippen LogP contribution in [0.5, 0.6) is 0 Å². The van der Waals surface area contributed by atoms with Crippen molar-refractivity contribution in [2.24, 2.45) is 11.1 Å². The molecule has 1 heterocycles. The molecule has 242 valence electrons. The van der Waals surface area contributed by atoms with Crippen LogP contribution in [0.25, 0.3) is 11.1 Å². The molecule has 2 N–H and O–H groups in total. The monoisotopic (exact) mass is 642 g/mol. The lowest BCUT2D eigenvalue weighted by atomic mass is 10.1. The van der Waals surface area contributed by atoms with Gasteiger partial charge in [-0.2, -0.15) is 0 Å². The molecule has 0 radical (unpaired) electrons. The molecule has 0 fully saturated rings. The summed E-state index contributed by atoms with van der Waals surface area (Å²) >= 11 is 0. The van der Waals surface area contributed by atoms with Crippen molar-refractivity contribution in [3.8, 4) is 118 Å². The highest BCUT2D eigenvalue weighted by molar-refractivity contribution is 5.94. The summed E-state index contributed by atoms with van der Waals surface area (Å²) in [6.07, 6.45) is 3.22. The molecule has 0 aliphatic rings. The van der Waals surface area contributed by atoms with Crippen LogP contribution in [-0.2, 0) is 6.54 Å². The maximum Gasteiger partial charge on any atom is 0.255 e. The number of benzene rings is 2. The first kappa shape index (κ1) is 40.4. The molecule has 3 aromatic rings. The molecule has 0 unspecified atom stereocenters. The van der Waals surface area contributed by atoms with Crippen LogP contribution in [-0.4, -0.2) is 22.8 Å². The van der Waals surface area contributed by atoms with Gasteiger partial charge < -0.3 is 4.90 Å². The van der Waals surface area contributed by atoms with E-state index in [0.717, 1.165) is 16.7 Å². The second-order valence-corrected chi connectivity index (χ2v) is 8.22. The topological polar surface area (TPSA) is 88.7 Å². The molecule has 0 aliphatic heterocycles. The molecule has 0 saturated heterocycles. The van der Waals surface area contributed by atoms with Crippen LogP contribution >= 0.6 is 0 Å². The van der Waals surface area contributed by atoms with Crippen molar-refractivity contribution in [2.75, 3.05) is 7.05 Å². The average Bonchev–Trinajstić information content (AvgIpc) is 3.09. The van der Waals surface area contributed by atoms with Gasteiger partial charge in [-0.1, -0.05) is 54.3 Å². The quantitative estimate of drug-likeness (QED) is 0.158. The maximum atomic E-state index is 13.0. The van der Waals surface area contributed by atoms with E-state index in [-0.39, 0.29) is 23.6 Å². The van der Waals surface area contributed by atoms with Crippen molar-refractivity contribution < 1.29 is 21.0 Å². The molecule has 0 bridgehead atoms. The van der Waals surface area contributed by atoms with Crippen molar-refractivity contribution in [3.05, 3.63) is 94.9 Å². The van der Waals surface area contributed by atoms with E-state index in [1.165, 1.54) is 12.1 Å². The maximum absolute atomic E-state index is 13.0. The average molecular weight is 643 g/mol. The summed E-state index contributed by atoms with van der Waals surface area (Å²) in [6.45, 7) is 3.93. The Labute approximate surface area is 287 Å². The van der Waals surface area contributed by atoms with Crippen LogP contribution in [0.2, 0.25) is 0 Å². The lowest BCUT2D eigenvalue weighted by Gasteiger charge is -2.17. The summed E-state index contributed by atoms with van der Waals surface area (Å²) in [5.74, 6) is 49.1. The van der Waals surface area contributed by atoms with Gasteiger partial charge in [-0.3, -0.25) is 20.3 Å². The highest BCUT2D eigenvalue weighted by Gasteiger charge is 2.13. The normalized spacial score (nSPS) is 7.08. The third-order valence-corrected chi connectivity index (χ3v) is 4.96. The second-order valence-electron chi connectivity index (χ2n) is 8.22. The third kappa shape index (κ3) is 18.8. The van der Waals surface area contributed by atoms with Gasteiger partial charge in [-0.05, 0) is 138 Å². The smallest absolute Gasteiger partial charge is 0.255 e. The molecule has 3 rings (SSSR count). The first-order valence-corrected chi connectivity index (χ1v) is 13.3. The van der Waals surface area contributed by atoms with Crippen LogP contribution in [0.15, 0.2) is 78.3 Å². The fourth-order valence-electron chi connectivity index (χ4n) is 3.07. The zero-order chi connectivity index (χ0) is 34.4. The third-order valence-electron chi connectivity index (χ3n) is 4.96. The molecular formula is C40H36F2N4O2. The van der Waals surface area contributed by atoms with Crippen LogP contribution in [0.3, 0.4) is 0 Å². The molecule has 48 heavy (non-hydrogen) atoms. The van der Waals surface area contributed by atoms with Crippen molar-refractivity contribution in [2.45, 2.75) is 20.4 Å². The van der Waals surface area contributed by atoms with Gasteiger partial charge in [0.05, 0.1) is 5.56 Å². The number of hydrogen-bond acceptors (Lipinski definition) is 4. The fraction of sp³-hybridized carbons (Fsp3) is 0.100. The van der Waals surface area contributed by atoms with Gasteiger partial charge in [-0.15, -0.1) is 4.91 Å². The predicted molar refractivity (Wildman–Crippen MR) is 196 cm³/mol. The van der Waals surface area contributed by atoms with E-state index in [4.69, 9.17) is 4.91 Å². The van der Waals surface area contributed by atoms with Crippen LogP contribution in [0.4, 0.5) is 9.09 Å². The van der Waals surface area contributed by atoms with E-state index >= 15 is 0 Å². The lowest BCUT2D eigenvalue weighted by molar-refractivity contribution is 0.0784.